The molecular formula is C17H36N2O. The fourth-order valence-electron chi connectivity index (χ4n) is 3.34. The van der Waals surface area contributed by atoms with Crippen LogP contribution in [0.4, 0.5) is 0 Å². The summed E-state index contributed by atoms with van der Waals surface area (Å²) in [5.41, 5.74) is 0.491. The molecule has 1 fully saturated rings. The lowest BCUT2D eigenvalue weighted by molar-refractivity contribution is 0.0712. The summed E-state index contributed by atoms with van der Waals surface area (Å²) in [4.78, 5) is 2.58. The van der Waals surface area contributed by atoms with Crippen molar-refractivity contribution < 1.29 is 4.74 Å². The smallest absolute Gasteiger partial charge is 0.0589 e. The van der Waals surface area contributed by atoms with E-state index >= 15 is 0 Å². The number of likely N-dealkylation sites (N-methyl/N-ethyl adjacent to an activating group) is 1. The highest BCUT2D eigenvalue weighted by atomic mass is 16.5. The van der Waals surface area contributed by atoms with E-state index in [0.29, 0.717) is 5.41 Å². The van der Waals surface area contributed by atoms with Gasteiger partial charge in [0.15, 0.2) is 0 Å². The predicted octanol–water partition coefficient (Wildman–Crippen LogP) is 3.15. The highest BCUT2D eigenvalue weighted by Gasteiger charge is 2.35. The van der Waals surface area contributed by atoms with Crippen LogP contribution in [0.1, 0.15) is 52.9 Å². The number of nitrogens with zero attached hydrogens (tertiary/aromatic N) is 1. The summed E-state index contributed by atoms with van der Waals surface area (Å²) in [5.74, 6) is 0.920. The molecule has 0 spiro atoms. The zero-order valence-corrected chi connectivity index (χ0v) is 14.2. The summed E-state index contributed by atoms with van der Waals surface area (Å²) in [5, 5.41) is 3.69. The molecule has 3 nitrogen and oxygen atoms in total. The van der Waals surface area contributed by atoms with Crippen LogP contribution in [0.5, 0.6) is 0 Å². The molecule has 0 heterocycles. The summed E-state index contributed by atoms with van der Waals surface area (Å²) in [6, 6.07) is 0. The first-order valence-corrected chi connectivity index (χ1v) is 8.57. The molecule has 120 valence electrons. The number of rotatable bonds is 10. The van der Waals surface area contributed by atoms with Crippen molar-refractivity contribution in [2.24, 2.45) is 11.3 Å². The van der Waals surface area contributed by atoms with E-state index in [4.69, 9.17) is 4.74 Å². The number of hydrogen-bond acceptors (Lipinski definition) is 3. The Labute approximate surface area is 126 Å². The van der Waals surface area contributed by atoms with E-state index in [-0.39, 0.29) is 0 Å². The Morgan fingerprint density at radius 2 is 1.95 bits per heavy atom. The maximum atomic E-state index is 5.25. The minimum absolute atomic E-state index is 0.491. The highest BCUT2D eigenvalue weighted by molar-refractivity contribution is 4.89. The first kappa shape index (κ1) is 17.9. The lowest BCUT2D eigenvalue weighted by Crippen LogP contribution is -2.47. The second-order valence-corrected chi connectivity index (χ2v) is 6.72. The molecule has 3 heteroatoms. The van der Waals surface area contributed by atoms with Gasteiger partial charge in [0, 0.05) is 26.7 Å². The number of ether oxygens (including phenoxy) is 1. The van der Waals surface area contributed by atoms with Crippen molar-refractivity contribution in [1.29, 1.82) is 0 Å². The van der Waals surface area contributed by atoms with E-state index in [2.05, 4.69) is 31.0 Å². The van der Waals surface area contributed by atoms with Crippen molar-refractivity contribution in [2.75, 3.05) is 46.4 Å². The Kier molecular flexibility index (Phi) is 8.74. The molecule has 0 atom stereocenters. The second-order valence-electron chi connectivity index (χ2n) is 6.72. The van der Waals surface area contributed by atoms with Crippen LogP contribution in [0.2, 0.25) is 0 Å². The van der Waals surface area contributed by atoms with Crippen molar-refractivity contribution in [1.82, 2.24) is 10.2 Å². The zero-order chi connectivity index (χ0) is 14.8. The van der Waals surface area contributed by atoms with Crippen LogP contribution in [0.3, 0.4) is 0 Å². The molecule has 1 aliphatic rings. The van der Waals surface area contributed by atoms with Gasteiger partial charge < -0.3 is 15.0 Å². The van der Waals surface area contributed by atoms with Crippen LogP contribution >= 0.6 is 0 Å². The first-order chi connectivity index (χ1) is 9.65. The average molecular weight is 284 g/mol. The average Bonchev–Trinajstić information content (AvgIpc) is 2.47. The van der Waals surface area contributed by atoms with Crippen LogP contribution in [-0.2, 0) is 4.74 Å². The topological polar surface area (TPSA) is 24.5 Å². The van der Waals surface area contributed by atoms with Crippen LogP contribution < -0.4 is 5.32 Å². The molecule has 0 aromatic carbocycles. The monoisotopic (exact) mass is 284 g/mol. The van der Waals surface area contributed by atoms with Gasteiger partial charge in [0.2, 0.25) is 0 Å². The molecule has 0 aromatic rings. The third-order valence-corrected chi connectivity index (χ3v) is 4.88. The van der Waals surface area contributed by atoms with Crippen molar-refractivity contribution >= 4 is 0 Å². The Bertz CT molecular complexity index is 237. The second kappa shape index (κ2) is 9.75. The zero-order valence-electron chi connectivity index (χ0n) is 14.2. The van der Waals surface area contributed by atoms with Gasteiger partial charge in [-0.05, 0) is 43.7 Å². The Morgan fingerprint density at radius 3 is 2.50 bits per heavy atom. The standard InChI is InChI=1S/C17H36N2O/c1-5-11-18-14-17(9-7-16(3)8-10-17)15-19(6-2)12-13-20-4/h16,18H,5-15H2,1-4H3. The Hall–Kier alpha value is -0.120. The van der Waals surface area contributed by atoms with E-state index in [1.54, 1.807) is 7.11 Å². The summed E-state index contributed by atoms with van der Waals surface area (Å²) in [6.45, 7) is 13.6. The molecule has 1 aliphatic carbocycles. The quantitative estimate of drug-likeness (QED) is 0.624. The Morgan fingerprint density at radius 1 is 1.25 bits per heavy atom. The molecule has 0 saturated heterocycles. The lowest BCUT2D eigenvalue weighted by atomic mass is 9.70. The van der Waals surface area contributed by atoms with E-state index in [1.807, 2.05) is 0 Å². The minimum Gasteiger partial charge on any atom is -0.383 e. The molecule has 0 amide bonds. The summed E-state index contributed by atoms with van der Waals surface area (Å²) in [6.07, 6.45) is 6.79. The normalized spacial score (nSPS) is 27.1. The summed E-state index contributed by atoms with van der Waals surface area (Å²) in [7, 11) is 1.80. The summed E-state index contributed by atoms with van der Waals surface area (Å²) < 4.78 is 5.25. The molecule has 1 N–H and O–H groups in total. The fraction of sp³-hybridized carbons (Fsp3) is 1.00. The van der Waals surface area contributed by atoms with Gasteiger partial charge in [-0.2, -0.15) is 0 Å². The van der Waals surface area contributed by atoms with Gasteiger partial charge in [-0.3, -0.25) is 0 Å². The largest absolute Gasteiger partial charge is 0.383 e. The molecule has 1 saturated carbocycles. The molecule has 0 bridgehead atoms. The van der Waals surface area contributed by atoms with Gasteiger partial charge >= 0.3 is 0 Å². The Balaban J connectivity index is 2.56. The molecule has 1 rings (SSSR count). The maximum absolute atomic E-state index is 5.25. The maximum Gasteiger partial charge on any atom is 0.0589 e. The SMILES string of the molecule is CCCNCC1(CN(CC)CCOC)CCC(C)CC1. The molecule has 0 aliphatic heterocycles. The van der Waals surface area contributed by atoms with E-state index < -0.39 is 0 Å². The van der Waals surface area contributed by atoms with Gasteiger partial charge in [0.05, 0.1) is 6.61 Å². The lowest BCUT2D eigenvalue weighted by Gasteiger charge is -2.43. The van der Waals surface area contributed by atoms with Crippen LogP contribution in [0, 0.1) is 11.3 Å². The van der Waals surface area contributed by atoms with Gasteiger partial charge in [-0.25, -0.2) is 0 Å². The van der Waals surface area contributed by atoms with Crippen molar-refractivity contribution in [2.45, 2.75) is 52.9 Å². The van der Waals surface area contributed by atoms with E-state index in [9.17, 15) is 0 Å². The fourth-order valence-corrected chi connectivity index (χ4v) is 3.34. The molecule has 20 heavy (non-hydrogen) atoms. The highest BCUT2D eigenvalue weighted by Crippen LogP contribution is 2.39. The first-order valence-electron chi connectivity index (χ1n) is 8.57. The minimum atomic E-state index is 0.491. The third-order valence-electron chi connectivity index (χ3n) is 4.88. The van der Waals surface area contributed by atoms with Crippen molar-refractivity contribution in [3.63, 3.8) is 0 Å². The van der Waals surface area contributed by atoms with Gasteiger partial charge in [-0.1, -0.05) is 33.6 Å². The van der Waals surface area contributed by atoms with E-state index in [1.165, 1.54) is 45.2 Å². The van der Waals surface area contributed by atoms with E-state index in [0.717, 1.165) is 32.2 Å². The van der Waals surface area contributed by atoms with Crippen molar-refractivity contribution in [3.05, 3.63) is 0 Å². The van der Waals surface area contributed by atoms with Crippen LogP contribution in [0.15, 0.2) is 0 Å². The van der Waals surface area contributed by atoms with Gasteiger partial charge in [0.25, 0.3) is 0 Å². The van der Waals surface area contributed by atoms with Crippen molar-refractivity contribution in [3.8, 4) is 0 Å². The van der Waals surface area contributed by atoms with Gasteiger partial charge in [0.1, 0.15) is 0 Å². The molecule has 0 aromatic heterocycles. The van der Waals surface area contributed by atoms with Crippen LogP contribution in [0.25, 0.3) is 0 Å². The number of hydrogen-bond donors (Lipinski definition) is 1. The third kappa shape index (κ3) is 6.11. The summed E-state index contributed by atoms with van der Waals surface area (Å²) >= 11 is 0. The molecule has 0 unspecified atom stereocenters. The van der Waals surface area contributed by atoms with Crippen LogP contribution in [-0.4, -0.2) is 51.3 Å². The predicted molar refractivity (Wildman–Crippen MR) is 87.2 cm³/mol. The number of methoxy groups -OCH3 is 1. The molecular weight excluding hydrogens is 248 g/mol. The number of nitrogens with one attached hydrogen (secondary N) is 1. The van der Waals surface area contributed by atoms with Gasteiger partial charge in [-0.15, -0.1) is 0 Å². The molecule has 0 radical (unpaired) electrons.